The first-order chi connectivity index (χ1) is 8.19. The zero-order valence-electron chi connectivity index (χ0n) is 11.4. The number of hydrogen-bond acceptors (Lipinski definition) is 3. The number of aliphatic hydroxyl groups excluding tert-OH is 1. The standard InChI is InChI=1S/C14H29NO2/c1-3-4-5-6-7-11(2)17-13(10-16)14(15)12-8-9-12/h11-14,16H,3-10,15H2,1-2H3. The molecule has 102 valence electrons. The van der Waals surface area contributed by atoms with Gasteiger partial charge in [-0.25, -0.2) is 0 Å². The lowest BCUT2D eigenvalue weighted by Gasteiger charge is -2.26. The van der Waals surface area contributed by atoms with Crippen molar-refractivity contribution in [3.63, 3.8) is 0 Å². The molecule has 1 saturated carbocycles. The normalized spacial score (nSPS) is 21.2. The molecule has 1 rings (SSSR count). The van der Waals surface area contributed by atoms with Crippen LogP contribution >= 0.6 is 0 Å². The van der Waals surface area contributed by atoms with E-state index in [-0.39, 0.29) is 24.9 Å². The summed E-state index contributed by atoms with van der Waals surface area (Å²) in [5.41, 5.74) is 6.07. The van der Waals surface area contributed by atoms with E-state index in [1.165, 1.54) is 38.5 Å². The number of aliphatic hydroxyl groups is 1. The third-order valence-corrected chi connectivity index (χ3v) is 3.65. The van der Waals surface area contributed by atoms with Crippen molar-refractivity contribution in [2.24, 2.45) is 11.7 Å². The van der Waals surface area contributed by atoms with Crippen LogP contribution in [0.1, 0.15) is 58.8 Å². The van der Waals surface area contributed by atoms with Gasteiger partial charge < -0.3 is 15.6 Å². The first kappa shape index (κ1) is 14.9. The van der Waals surface area contributed by atoms with Gasteiger partial charge in [0.25, 0.3) is 0 Å². The van der Waals surface area contributed by atoms with Gasteiger partial charge in [0, 0.05) is 6.04 Å². The fraction of sp³-hybridized carbons (Fsp3) is 1.00. The highest BCUT2D eigenvalue weighted by molar-refractivity contribution is 4.89. The van der Waals surface area contributed by atoms with E-state index in [2.05, 4.69) is 13.8 Å². The van der Waals surface area contributed by atoms with Gasteiger partial charge in [-0.1, -0.05) is 32.6 Å². The Balaban J connectivity index is 2.15. The van der Waals surface area contributed by atoms with Crippen LogP contribution in [0.4, 0.5) is 0 Å². The molecule has 3 atom stereocenters. The fourth-order valence-corrected chi connectivity index (χ4v) is 2.27. The van der Waals surface area contributed by atoms with Crippen LogP contribution in [0.2, 0.25) is 0 Å². The van der Waals surface area contributed by atoms with Crippen molar-refractivity contribution in [2.45, 2.75) is 77.0 Å². The fourth-order valence-electron chi connectivity index (χ4n) is 2.27. The SMILES string of the molecule is CCCCCCC(C)OC(CO)C(N)C1CC1. The molecule has 3 N–H and O–H groups in total. The molecular weight excluding hydrogens is 214 g/mol. The molecule has 0 spiro atoms. The average molecular weight is 243 g/mol. The molecular formula is C14H29NO2. The molecule has 0 bridgehead atoms. The lowest BCUT2D eigenvalue weighted by atomic mass is 10.1. The number of rotatable bonds is 10. The van der Waals surface area contributed by atoms with Crippen molar-refractivity contribution in [1.82, 2.24) is 0 Å². The largest absolute Gasteiger partial charge is 0.394 e. The second-order valence-corrected chi connectivity index (χ2v) is 5.43. The van der Waals surface area contributed by atoms with Gasteiger partial charge in [-0.3, -0.25) is 0 Å². The molecule has 0 aromatic carbocycles. The van der Waals surface area contributed by atoms with Gasteiger partial charge in [0.2, 0.25) is 0 Å². The Bertz CT molecular complexity index is 195. The molecule has 1 fully saturated rings. The lowest BCUT2D eigenvalue weighted by Crippen LogP contribution is -2.42. The highest BCUT2D eigenvalue weighted by atomic mass is 16.5. The molecule has 3 unspecified atom stereocenters. The Morgan fingerprint density at radius 1 is 1.29 bits per heavy atom. The zero-order valence-corrected chi connectivity index (χ0v) is 11.4. The predicted octanol–water partition coefficient (Wildman–Crippen LogP) is 2.46. The maximum atomic E-state index is 9.33. The Morgan fingerprint density at radius 2 is 2.00 bits per heavy atom. The van der Waals surface area contributed by atoms with Crippen molar-refractivity contribution in [1.29, 1.82) is 0 Å². The molecule has 0 aliphatic heterocycles. The summed E-state index contributed by atoms with van der Waals surface area (Å²) >= 11 is 0. The monoisotopic (exact) mass is 243 g/mol. The van der Waals surface area contributed by atoms with Crippen LogP contribution in [-0.4, -0.2) is 30.0 Å². The molecule has 0 amide bonds. The van der Waals surface area contributed by atoms with Crippen LogP contribution in [0, 0.1) is 5.92 Å². The molecule has 0 heterocycles. The van der Waals surface area contributed by atoms with Crippen molar-refractivity contribution < 1.29 is 9.84 Å². The van der Waals surface area contributed by atoms with E-state index in [4.69, 9.17) is 10.5 Å². The molecule has 17 heavy (non-hydrogen) atoms. The molecule has 0 aromatic heterocycles. The smallest absolute Gasteiger partial charge is 0.0962 e. The summed E-state index contributed by atoms with van der Waals surface area (Å²) in [4.78, 5) is 0. The summed E-state index contributed by atoms with van der Waals surface area (Å²) in [6, 6.07) is 0.0260. The Hall–Kier alpha value is -0.120. The quantitative estimate of drug-likeness (QED) is 0.580. The summed E-state index contributed by atoms with van der Waals surface area (Å²) < 4.78 is 5.87. The highest BCUT2D eigenvalue weighted by Gasteiger charge is 2.34. The van der Waals surface area contributed by atoms with Crippen molar-refractivity contribution >= 4 is 0 Å². The van der Waals surface area contributed by atoms with Crippen LogP contribution in [0.15, 0.2) is 0 Å². The summed E-state index contributed by atoms with van der Waals surface area (Å²) in [6.07, 6.45) is 8.59. The number of unbranched alkanes of at least 4 members (excludes halogenated alkanes) is 3. The molecule has 1 aliphatic rings. The highest BCUT2D eigenvalue weighted by Crippen LogP contribution is 2.33. The minimum Gasteiger partial charge on any atom is -0.394 e. The van der Waals surface area contributed by atoms with Crippen molar-refractivity contribution in [2.75, 3.05) is 6.61 Å². The summed E-state index contributed by atoms with van der Waals surface area (Å²) in [5.74, 6) is 0.583. The van der Waals surface area contributed by atoms with E-state index >= 15 is 0 Å². The molecule has 0 aromatic rings. The molecule has 3 heteroatoms. The van der Waals surface area contributed by atoms with Gasteiger partial charge in [-0.2, -0.15) is 0 Å². The van der Waals surface area contributed by atoms with Gasteiger partial charge in [-0.05, 0) is 32.1 Å². The predicted molar refractivity (Wildman–Crippen MR) is 70.9 cm³/mol. The Morgan fingerprint density at radius 3 is 2.53 bits per heavy atom. The first-order valence-electron chi connectivity index (χ1n) is 7.21. The van der Waals surface area contributed by atoms with Gasteiger partial charge in [0.1, 0.15) is 0 Å². The van der Waals surface area contributed by atoms with Crippen LogP contribution in [-0.2, 0) is 4.74 Å². The third-order valence-electron chi connectivity index (χ3n) is 3.65. The van der Waals surface area contributed by atoms with E-state index in [1.807, 2.05) is 0 Å². The summed E-state index contributed by atoms with van der Waals surface area (Å²) in [5, 5.41) is 9.33. The topological polar surface area (TPSA) is 55.5 Å². The Kier molecular flexibility index (Phi) is 7.09. The average Bonchev–Trinajstić information content (AvgIpc) is 3.15. The second-order valence-electron chi connectivity index (χ2n) is 5.43. The van der Waals surface area contributed by atoms with Gasteiger partial charge in [0.05, 0.1) is 18.8 Å². The number of nitrogens with two attached hydrogens (primary N) is 1. The van der Waals surface area contributed by atoms with Crippen LogP contribution in [0.3, 0.4) is 0 Å². The van der Waals surface area contributed by atoms with E-state index in [9.17, 15) is 5.11 Å². The van der Waals surface area contributed by atoms with E-state index < -0.39 is 0 Å². The van der Waals surface area contributed by atoms with E-state index in [0.717, 1.165) is 6.42 Å². The lowest BCUT2D eigenvalue weighted by molar-refractivity contribution is -0.0503. The summed E-state index contributed by atoms with van der Waals surface area (Å²) in [6.45, 7) is 4.36. The minimum absolute atomic E-state index is 0.0260. The molecule has 1 aliphatic carbocycles. The van der Waals surface area contributed by atoms with Crippen molar-refractivity contribution in [3.05, 3.63) is 0 Å². The first-order valence-corrected chi connectivity index (χ1v) is 7.21. The van der Waals surface area contributed by atoms with Gasteiger partial charge in [0.15, 0.2) is 0 Å². The summed E-state index contributed by atoms with van der Waals surface area (Å²) in [7, 11) is 0. The number of hydrogen-bond donors (Lipinski definition) is 2. The van der Waals surface area contributed by atoms with E-state index in [0.29, 0.717) is 5.92 Å². The molecule has 0 radical (unpaired) electrons. The maximum Gasteiger partial charge on any atom is 0.0962 e. The zero-order chi connectivity index (χ0) is 12.7. The van der Waals surface area contributed by atoms with Gasteiger partial charge in [-0.15, -0.1) is 0 Å². The third kappa shape index (κ3) is 5.84. The van der Waals surface area contributed by atoms with Crippen molar-refractivity contribution in [3.8, 4) is 0 Å². The van der Waals surface area contributed by atoms with Crippen LogP contribution < -0.4 is 5.73 Å². The Labute approximate surface area is 106 Å². The molecule has 0 saturated heterocycles. The van der Waals surface area contributed by atoms with Crippen LogP contribution in [0.5, 0.6) is 0 Å². The minimum atomic E-state index is -0.163. The molecule has 3 nitrogen and oxygen atoms in total. The van der Waals surface area contributed by atoms with Gasteiger partial charge >= 0.3 is 0 Å². The number of ether oxygens (including phenoxy) is 1. The maximum absolute atomic E-state index is 9.33. The van der Waals surface area contributed by atoms with Crippen LogP contribution in [0.25, 0.3) is 0 Å². The second kappa shape index (κ2) is 8.06. The van der Waals surface area contributed by atoms with E-state index in [1.54, 1.807) is 0 Å².